The summed E-state index contributed by atoms with van der Waals surface area (Å²) in [6.45, 7) is 0.382. The maximum absolute atomic E-state index is 12.7. The van der Waals surface area contributed by atoms with Crippen molar-refractivity contribution in [2.75, 3.05) is 25.6 Å². The van der Waals surface area contributed by atoms with Crippen molar-refractivity contribution in [1.82, 2.24) is 0 Å². The largest absolute Gasteiger partial charge is 0.460 e. The summed E-state index contributed by atoms with van der Waals surface area (Å²) in [6.07, 6.45) is 3.55. The third-order valence-corrected chi connectivity index (χ3v) is 5.68. The second-order valence-corrected chi connectivity index (χ2v) is 7.38. The van der Waals surface area contributed by atoms with Gasteiger partial charge in [-0.05, 0) is 37.3 Å². The molecule has 28 heavy (non-hydrogen) atoms. The molecule has 148 valence electrons. The topological polar surface area (TPSA) is 108 Å². The van der Waals surface area contributed by atoms with Crippen LogP contribution >= 0.6 is 11.3 Å². The fourth-order valence-electron chi connectivity index (χ4n) is 3.16. The lowest BCUT2D eigenvalue weighted by Crippen LogP contribution is -2.17. The molecule has 1 aromatic carbocycles. The van der Waals surface area contributed by atoms with E-state index in [9.17, 15) is 19.7 Å². The van der Waals surface area contributed by atoms with E-state index < -0.39 is 16.8 Å². The molecule has 0 aliphatic heterocycles. The lowest BCUT2D eigenvalue weighted by molar-refractivity contribution is -0.385. The molecule has 8 nitrogen and oxygen atoms in total. The van der Waals surface area contributed by atoms with Crippen LogP contribution < -0.4 is 5.32 Å². The van der Waals surface area contributed by atoms with Crippen molar-refractivity contribution in [3.8, 4) is 0 Å². The van der Waals surface area contributed by atoms with Gasteiger partial charge in [0.05, 0.1) is 17.1 Å². The predicted octanol–water partition coefficient (Wildman–Crippen LogP) is 3.59. The number of carbonyl (C=O) groups is 2. The average Bonchev–Trinajstić information content (AvgIpc) is 3.05. The minimum Gasteiger partial charge on any atom is -0.460 e. The summed E-state index contributed by atoms with van der Waals surface area (Å²) < 4.78 is 10.2. The molecule has 0 saturated carbocycles. The number of rotatable bonds is 7. The third kappa shape index (κ3) is 4.20. The molecule has 0 spiro atoms. The number of anilines is 1. The fourth-order valence-corrected chi connectivity index (χ4v) is 4.43. The van der Waals surface area contributed by atoms with Crippen LogP contribution in [0.5, 0.6) is 0 Å². The number of aryl methyl sites for hydroxylation is 1. The van der Waals surface area contributed by atoms with Crippen LogP contribution in [0.2, 0.25) is 0 Å². The summed E-state index contributed by atoms with van der Waals surface area (Å²) in [6, 6.07) is 5.71. The van der Waals surface area contributed by atoms with E-state index in [1.807, 2.05) is 0 Å². The van der Waals surface area contributed by atoms with E-state index >= 15 is 0 Å². The number of methoxy groups -OCH3 is 1. The van der Waals surface area contributed by atoms with E-state index in [1.165, 1.54) is 36.6 Å². The summed E-state index contributed by atoms with van der Waals surface area (Å²) in [5.74, 6) is -1.15. The van der Waals surface area contributed by atoms with E-state index in [0.717, 1.165) is 36.1 Å². The van der Waals surface area contributed by atoms with Crippen molar-refractivity contribution < 1.29 is 24.0 Å². The van der Waals surface area contributed by atoms with Crippen LogP contribution in [0.4, 0.5) is 10.7 Å². The van der Waals surface area contributed by atoms with Crippen molar-refractivity contribution in [2.45, 2.75) is 25.7 Å². The first-order valence-electron chi connectivity index (χ1n) is 8.88. The van der Waals surface area contributed by atoms with Crippen molar-refractivity contribution in [3.63, 3.8) is 0 Å². The van der Waals surface area contributed by atoms with Crippen LogP contribution in [0, 0.1) is 10.1 Å². The minimum absolute atomic E-state index is 0.0578. The Morgan fingerprint density at radius 1 is 1.21 bits per heavy atom. The van der Waals surface area contributed by atoms with Gasteiger partial charge in [-0.2, -0.15) is 0 Å². The maximum atomic E-state index is 12.7. The first-order chi connectivity index (χ1) is 13.5. The first kappa shape index (κ1) is 20.0. The highest BCUT2D eigenvalue weighted by atomic mass is 32.1. The Bertz CT molecular complexity index is 908. The van der Waals surface area contributed by atoms with Crippen LogP contribution in [0.15, 0.2) is 24.3 Å². The van der Waals surface area contributed by atoms with Gasteiger partial charge in [0.15, 0.2) is 0 Å². The van der Waals surface area contributed by atoms with Gasteiger partial charge in [-0.15, -0.1) is 11.3 Å². The quantitative estimate of drug-likeness (QED) is 0.327. The Kier molecular flexibility index (Phi) is 6.37. The molecule has 0 atom stereocenters. The lowest BCUT2D eigenvalue weighted by Gasteiger charge is -2.12. The Morgan fingerprint density at radius 2 is 1.96 bits per heavy atom. The average molecular weight is 404 g/mol. The molecule has 0 radical (unpaired) electrons. The maximum Gasteiger partial charge on any atom is 0.341 e. The van der Waals surface area contributed by atoms with E-state index in [4.69, 9.17) is 9.47 Å². The molecule has 9 heteroatoms. The highest BCUT2D eigenvalue weighted by Crippen LogP contribution is 2.39. The SMILES string of the molecule is COCCOC(=O)c1c(NC(=O)c2ccccc2[N+](=O)[O-])sc2c1CCCC2. The predicted molar refractivity (Wildman–Crippen MR) is 104 cm³/mol. The Labute approximate surface area is 165 Å². The summed E-state index contributed by atoms with van der Waals surface area (Å²) in [7, 11) is 1.51. The Balaban J connectivity index is 1.91. The summed E-state index contributed by atoms with van der Waals surface area (Å²) in [4.78, 5) is 37.0. The molecule has 1 N–H and O–H groups in total. The number of nitro groups is 1. The number of ether oxygens (including phenoxy) is 2. The first-order valence-corrected chi connectivity index (χ1v) is 9.70. The van der Waals surface area contributed by atoms with Gasteiger partial charge in [-0.1, -0.05) is 12.1 Å². The standard InChI is InChI=1S/C19H20N2O6S/c1-26-10-11-27-19(23)16-13-7-3-5-9-15(13)28-18(16)20-17(22)12-6-2-4-8-14(12)21(24)25/h2,4,6,8H,3,5,7,9-11H2,1H3,(H,20,22). The number of hydrogen-bond acceptors (Lipinski definition) is 7. The monoisotopic (exact) mass is 404 g/mol. The number of esters is 1. The van der Waals surface area contributed by atoms with Crippen molar-refractivity contribution >= 4 is 33.9 Å². The number of thiophene rings is 1. The zero-order valence-corrected chi connectivity index (χ0v) is 16.2. The molecule has 1 heterocycles. The molecule has 0 fully saturated rings. The zero-order chi connectivity index (χ0) is 20.1. The number of amides is 1. The van der Waals surface area contributed by atoms with Crippen LogP contribution in [0.3, 0.4) is 0 Å². The van der Waals surface area contributed by atoms with Gasteiger partial charge in [0.25, 0.3) is 11.6 Å². The number of nitrogens with zero attached hydrogens (tertiary/aromatic N) is 1. The van der Waals surface area contributed by atoms with E-state index in [-0.39, 0.29) is 24.5 Å². The Hall–Kier alpha value is -2.78. The number of fused-ring (bicyclic) bond motifs is 1. The van der Waals surface area contributed by atoms with E-state index in [0.29, 0.717) is 10.6 Å². The number of nitro benzene ring substituents is 1. The van der Waals surface area contributed by atoms with Gasteiger partial charge in [0.2, 0.25) is 0 Å². The number of para-hydroxylation sites is 1. The van der Waals surface area contributed by atoms with Gasteiger partial charge in [0.1, 0.15) is 17.2 Å². The molecule has 0 unspecified atom stereocenters. The molecule has 3 rings (SSSR count). The minimum atomic E-state index is -0.628. The molecule has 1 amide bonds. The van der Waals surface area contributed by atoms with Gasteiger partial charge in [-0.3, -0.25) is 14.9 Å². The molecular weight excluding hydrogens is 384 g/mol. The summed E-state index contributed by atoms with van der Waals surface area (Å²) in [5.41, 5.74) is 0.905. The van der Waals surface area contributed by atoms with Gasteiger partial charge < -0.3 is 14.8 Å². The molecule has 1 aliphatic carbocycles. The Morgan fingerprint density at radius 3 is 2.71 bits per heavy atom. The van der Waals surface area contributed by atoms with E-state index in [1.54, 1.807) is 6.07 Å². The normalized spacial score (nSPS) is 12.9. The number of carbonyl (C=O) groups excluding carboxylic acids is 2. The second-order valence-electron chi connectivity index (χ2n) is 6.27. The second kappa shape index (κ2) is 8.94. The molecule has 1 aliphatic rings. The van der Waals surface area contributed by atoms with Crippen LogP contribution in [-0.2, 0) is 22.3 Å². The van der Waals surface area contributed by atoms with E-state index in [2.05, 4.69) is 5.32 Å². The fraction of sp³-hybridized carbons (Fsp3) is 0.368. The van der Waals surface area contributed by atoms with Crippen LogP contribution in [-0.4, -0.2) is 37.1 Å². The molecule has 0 bridgehead atoms. The molecular formula is C19H20N2O6S. The van der Waals surface area contributed by atoms with Crippen molar-refractivity contribution in [2.24, 2.45) is 0 Å². The van der Waals surface area contributed by atoms with Crippen LogP contribution in [0.1, 0.15) is 44.0 Å². The molecule has 2 aromatic rings. The number of nitrogens with one attached hydrogen (secondary N) is 1. The summed E-state index contributed by atoms with van der Waals surface area (Å²) in [5, 5.41) is 14.3. The highest BCUT2D eigenvalue weighted by Gasteiger charge is 2.28. The van der Waals surface area contributed by atoms with Gasteiger partial charge in [-0.25, -0.2) is 4.79 Å². The van der Waals surface area contributed by atoms with Gasteiger partial charge >= 0.3 is 5.97 Å². The number of benzene rings is 1. The number of hydrogen-bond donors (Lipinski definition) is 1. The highest BCUT2D eigenvalue weighted by molar-refractivity contribution is 7.17. The third-order valence-electron chi connectivity index (χ3n) is 4.47. The molecule has 1 aromatic heterocycles. The van der Waals surface area contributed by atoms with Crippen molar-refractivity contribution in [3.05, 3.63) is 55.9 Å². The molecule has 0 saturated heterocycles. The summed E-state index contributed by atoms with van der Waals surface area (Å²) >= 11 is 1.33. The zero-order valence-electron chi connectivity index (χ0n) is 15.4. The van der Waals surface area contributed by atoms with Crippen molar-refractivity contribution in [1.29, 1.82) is 0 Å². The smallest absolute Gasteiger partial charge is 0.341 e. The van der Waals surface area contributed by atoms with Crippen LogP contribution in [0.25, 0.3) is 0 Å². The lowest BCUT2D eigenvalue weighted by atomic mass is 9.95. The van der Waals surface area contributed by atoms with Gasteiger partial charge in [0, 0.05) is 18.1 Å².